The molecule has 1 rings (SSSR count). The minimum Gasteiger partial charge on any atom is -0.508 e. The van der Waals surface area contributed by atoms with Crippen molar-refractivity contribution in [2.75, 3.05) is 0 Å². The summed E-state index contributed by atoms with van der Waals surface area (Å²) in [5, 5.41) is 8.63. The largest absolute Gasteiger partial charge is 0.508 e. The molecule has 0 atom stereocenters. The van der Waals surface area contributed by atoms with E-state index in [1.165, 1.54) is 0 Å². The molecule has 1 N–H and O–H groups in total. The zero-order chi connectivity index (χ0) is 5.11. The van der Waals surface area contributed by atoms with Crippen LogP contribution < -0.4 is 0 Å². The van der Waals surface area contributed by atoms with Crippen molar-refractivity contribution in [3.63, 3.8) is 0 Å². The van der Waals surface area contributed by atoms with E-state index in [2.05, 4.69) is 0 Å². The molecule has 0 aliphatic heterocycles. The summed E-state index contributed by atoms with van der Waals surface area (Å²) in [6.45, 7) is 0. The summed E-state index contributed by atoms with van der Waals surface area (Å²) < 4.78 is 0. The van der Waals surface area contributed by atoms with Gasteiger partial charge in [0.2, 0.25) is 0 Å². The molecule has 0 unspecified atom stereocenters. The Hall–Kier alpha value is -0.344. The molecule has 0 saturated heterocycles. The molecule has 8 heavy (non-hydrogen) atoms. The Morgan fingerprint density at radius 2 is 1.50 bits per heavy atom. The van der Waals surface area contributed by atoms with E-state index in [-0.39, 0.29) is 19.8 Å². The van der Waals surface area contributed by atoms with E-state index in [1.807, 2.05) is 6.07 Å². The zero-order valence-corrected chi connectivity index (χ0v) is 6.83. The van der Waals surface area contributed by atoms with Crippen LogP contribution in [0.25, 0.3) is 0 Å². The molecule has 0 fully saturated rings. The predicted molar refractivity (Wildman–Crippen MR) is 33.9 cm³/mol. The molecular weight excluding hydrogens is 158 g/mol. The zero-order valence-electron chi connectivity index (χ0n) is 4.41. The van der Waals surface area contributed by atoms with Crippen LogP contribution in [0.4, 0.5) is 0 Å². The number of hydrogen-bond donors (Lipinski definition) is 1. The molecule has 3 radical (unpaired) electrons. The predicted octanol–water partition coefficient (Wildman–Crippen LogP) is 1.01. The maximum atomic E-state index is 8.63. The topological polar surface area (TPSA) is 20.2 Å². The van der Waals surface area contributed by atoms with Crippen molar-refractivity contribution in [1.82, 2.24) is 0 Å². The fourth-order valence-corrected chi connectivity index (χ4v) is 0.428. The van der Waals surface area contributed by atoms with Gasteiger partial charge >= 0.3 is 0 Å². The fraction of sp³-hybridized carbons (Fsp3) is 0. The van der Waals surface area contributed by atoms with Gasteiger partial charge in [0.15, 0.2) is 0 Å². The third-order valence-corrected chi connectivity index (χ3v) is 0.756. The van der Waals surface area contributed by atoms with Crippen molar-refractivity contribution >= 4 is 19.8 Å². The first-order chi connectivity index (χ1) is 3.39. The number of rotatable bonds is 0. The normalized spacial score (nSPS) is 7.50. The summed E-state index contributed by atoms with van der Waals surface area (Å²) in [6.07, 6.45) is 0. The average molecular weight is 164 g/mol. The van der Waals surface area contributed by atoms with Crippen LogP contribution in [0, 0.1) is 0 Å². The standard InChI is InChI=1S/C6H6O.Ga/c7-6-4-2-1-3-5-6;/h1-5,7H;. The van der Waals surface area contributed by atoms with Gasteiger partial charge in [0.25, 0.3) is 0 Å². The average Bonchev–Trinajstić information content (AvgIpc) is 1.69. The summed E-state index contributed by atoms with van der Waals surface area (Å²) >= 11 is 0. The maximum absolute atomic E-state index is 8.63. The minimum absolute atomic E-state index is 0. The summed E-state index contributed by atoms with van der Waals surface area (Å²) in [7, 11) is 0. The van der Waals surface area contributed by atoms with Crippen molar-refractivity contribution in [3.05, 3.63) is 30.3 Å². The Balaban J connectivity index is 0.000000490. The Kier molecular flexibility index (Phi) is 3.48. The first kappa shape index (κ1) is 7.66. The van der Waals surface area contributed by atoms with Gasteiger partial charge in [-0.1, -0.05) is 18.2 Å². The number of hydrogen-bond acceptors (Lipinski definition) is 1. The third-order valence-electron chi connectivity index (χ3n) is 0.756. The van der Waals surface area contributed by atoms with E-state index in [1.54, 1.807) is 24.3 Å². The fourth-order valence-electron chi connectivity index (χ4n) is 0.428. The van der Waals surface area contributed by atoms with Crippen molar-refractivity contribution in [2.24, 2.45) is 0 Å². The van der Waals surface area contributed by atoms with Gasteiger partial charge < -0.3 is 5.11 Å². The molecule has 1 aromatic rings. The monoisotopic (exact) mass is 163 g/mol. The molecule has 39 valence electrons. The van der Waals surface area contributed by atoms with Crippen LogP contribution in [0.3, 0.4) is 0 Å². The second kappa shape index (κ2) is 3.63. The van der Waals surface area contributed by atoms with Crippen molar-refractivity contribution in [3.8, 4) is 5.75 Å². The molecule has 0 amide bonds. The molecule has 1 nitrogen and oxygen atoms in total. The number of para-hydroxylation sites is 1. The molecule has 0 saturated carbocycles. The Morgan fingerprint density at radius 3 is 1.75 bits per heavy atom. The van der Waals surface area contributed by atoms with E-state index in [0.717, 1.165) is 0 Å². The number of benzene rings is 1. The van der Waals surface area contributed by atoms with E-state index >= 15 is 0 Å². The van der Waals surface area contributed by atoms with Crippen LogP contribution in [0.5, 0.6) is 5.75 Å². The van der Waals surface area contributed by atoms with Crippen LogP contribution in [0.2, 0.25) is 0 Å². The Morgan fingerprint density at radius 1 is 1.00 bits per heavy atom. The van der Waals surface area contributed by atoms with Gasteiger partial charge in [0.1, 0.15) is 5.75 Å². The van der Waals surface area contributed by atoms with Crippen LogP contribution in [-0.4, -0.2) is 24.9 Å². The van der Waals surface area contributed by atoms with Gasteiger partial charge in [-0.2, -0.15) is 0 Å². The number of phenols is 1. The van der Waals surface area contributed by atoms with Gasteiger partial charge in [0, 0.05) is 19.8 Å². The Labute approximate surface area is 61.4 Å². The van der Waals surface area contributed by atoms with Gasteiger partial charge in [0.05, 0.1) is 0 Å². The van der Waals surface area contributed by atoms with E-state index < -0.39 is 0 Å². The summed E-state index contributed by atoms with van der Waals surface area (Å²) in [5.41, 5.74) is 0. The van der Waals surface area contributed by atoms with Crippen molar-refractivity contribution in [1.29, 1.82) is 0 Å². The van der Waals surface area contributed by atoms with Crippen LogP contribution >= 0.6 is 0 Å². The second-order valence-electron chi connectivity index (χ2n) is 1.34. The number of phenolic OH excluding ortho intramolecular Hbond substituents is 1. The van der Waals surface area contributed by atoms with Crippen LogP contribution in [0.1, 0.15) is 0 Å². The summed E-state index contributed by atoms with van der Waals surface area (Å²) in [5.74, 6) is 0.322. The summed E-state index contributed by atoms with van der Waals surface area (Å²) in [6, 6.07) is 8.71. The quantitative estimate of drug-likeness (QED) is 0.567. The van der Waals surface area contributed by atoms with Crippen molar-refractivity contribution < 1.29 is 5.11 Å². The second-order valence-corrected chi connectivity index (χ2v) is 1.34. The first-order valence-corrected chi connectivity index (χ1v) is 2.13. The maximum Gasteiger partial charge on any atom is 0.115 e. The van der Waals surface area contributed by atoms with E-state index in [9.17, 15) is 0 Å². The molecule has 0 bridgehead atoms. The summed E-state index contributed by atoms with van der Waals surface area (Å²) in [4.78, 5) is 0. The SMILES string of the molecule is Oc1ccccc1.[Ga]. The number of aromatic hydroxyl groups is 1. The van der Waals surface area contributed by atoms with Gasteiger partial charge in [-0.3, -0.25) is 0 Å². The van der Waals surface area contributed by atoms with Gasteiger partial charge in [-0.25, -0.2) is 0 Å². The van der Waals surface area contributed by atoms with Crippen LogP contribution in [-0.2, 0) is 0 Å². The molecule has 2 heteroatoms. The molecular formula is C6H6GaO. The van der Waals surface area contributed by atoms with Crippen LogP contribution in [0.15, 0.2) is 30.3 Å². The third kappa shape index (κ3) is 2.09. The van der Waals surface area contributed by atoms with Gasteiger partial charge in [-0.15, -0.1) is 0 Å². The molecule has 1 aromatic carbocycles. The van der Waals surface area contributed by atoms with E-state index in [0.29, 0.717) is 5.75 Å². The molecule has 0 aromatic heterocycles. The molecule has 0 spiro atoms. The molecule has 0 aliphatic rings. The molecule has 0 heterocycles. The van der Waals surface area contributed by atoms with Gasteiger partial charge in [-0.05, 0) is 12.1 Å². The Bertz CT molecular complexity index is 138. The molecule has 0 aliphatic carbocycles. The minimum atomic E-state index is 0. The van der Waals surface area contributed by atoms with Crippen molar-refractivity contribution in [2.45, 2.75) is 0 Å². The van der Waals surface area contributed by atoms with E-state index in [4.69, 9.17) is 5.11 Å². The first-order valence-electron chi connectivity index (χ1n) is 2.13. The smallest absolute Gasteiger partial charge is 0.115 e.